The van der Waals surface area contributed by atoms with Gasteiger partial charge in [0.2, 0.25) is 0 Å². The zero-order chi connectivity index (χ0) is 13.1. The first-order valence-corrected chi connectivity index (χ1v) is 6.01. The number of carboxylic acids is 1. The molecular formula is C11H7BrClN3O2. The molecule has 1 heterocycles. The van der Waals surface area contributed by atoms with Gasteiger partial charge in [0.05, 0.1) is 23.1 Å². The van der Waals surface area contributed by atoms with Gasteiger partial charge in [0, 0.05) is 4.47 Å². The predicted octanol–water partition coefficient (Wildman–Crippen LogP) is 3.33. The number of carbonyl (C=O) groups is 1. The van der Waals surface area contributed by atoms with Crippen LogP contribution >= 0.6 is 27.5 Å². The van der Waals surface area contributed by atoms with Gasteiger partial charge in [0.1, 0.15) is 5.82 Å². The number of rotatable bonds is 3. The number of hydrogen-bond donors (Lipinski definition) is 2. The van der Waals surface area contributed by atoms with E-state index in [1.165, 1.54) is 12.4 Å². The fourth-order valence-corrected chi connectivity index (χ4v) is 1.98. The molecule has 0 aliphatic carbocycles. The van der Waals surface area contributed by atoms with Crippen molar-refractivity contribution in [2.24, 2.45) is 0 Å². The molecule has 0 spiro atoms. The van der Waals surface area contributed by atoms with E-state index in [0.717, 1.165) is 4.47 Å². The number of anilines is 2. The minimum absolute atomic E-state index is 0.131. The van der Waals surface area contributed by atoms with Gasteiger partial charge < -0.3 is 10.4 Å². The molecule has 0 amide bonds. The lowest BCUT2D eigenvalue weighted by molar-refractivity contribution is 0.0690. The molecular weight excluding hydrogens is 321 g/mol. The molecule has 2 aromatic rings. The third kappa shape index (κ3) is 2.96. The standard InChI is InChI=1S/C11H7BrClN3O2/c12-6-1-2-8(7(13)3-6)15-10-5-14-4-9(16-10)11(17)18/h1-5H,(H,15,16)(H,17,18). The highest BCUT2D eigenvalue weighted by Crippen LogP contribution is 2.27. The number of halogens is 2. The van der Waals surface area contributed by atoms with Crippen molar-refractivity contribution < 1.29 is 9.90 Å². The van der Waals surface area contributed by atoms with Crippen LogP contribution in [0.3, 0.4) is 0 Å². The molecule has 1 aromatic carbocycles. The number of aromatic carboxylic acids is 1. The molecule has 92 valence electrons. The summed E-state index contributed by atoms with van der Waals surface area (Å²) in [6.45, 7) is 0. The number of nitrogens with one attached hydrogen (secondary N) is 1. The maximum Gasteiger partial charge on any atom is 0.356 e. The lowest BCUT2D eigenvalue weighted by Crippen LogP contribution is -2.04. The second-order valence-electron chi connectivity index (χ2n) is 3.34. The summed E-state index contributed by atoms with van der Waals surface area (Å²) in [7, 11) is 0. The van der Waals surface area contributed by atoms with E-state index in [4.69, 9.17) is 16.7 Å². The molecule has 0 saturated carbocycles. The molecule has 2 N–H and O–H groups in total. The Balaban J connectivity index is 2.28. The lowest BCUT2D eigenvalue weighted by Gasteiger charge is -2.07. The van der Waals surface area contributed by atoms with Gasteiger partial charge >= 0.3 is 5.97 Å². The van der Waals surface area contributed by atoms with E-state index in [1.54, 1.807) is 12.1 Å². The number of benzene rings is 1. The Kier molecular flexibility index (Phi) is 3.78. The molecule has 18 heavy (non-hydrogen) atoms. The van der Waals surface area contributed by atoms with E-state index in [1.807, 2.05) is 6.07 Å². The van der Waals surface area contributed by atoms with Gasteiger partial charge in [-0.1, -0.05) is 27.5 Å². The number of hydrogen-bond acceptors (Lipinski definition) is 4. The van der Waals surface area contributed by atoms with Crippen molar-refractivity contribution in [2.75, 3.05) is 5.32 Å². The Morgan fingerprint density at radius 3 is 2.83 bits per heavy atom. The van der Waals surface area contributed by atoms with E-state index in [0.29, 0.717) is 16.5 Å². The first kappa shape index (κ1) is 12.8. The van der Waals surface area contributed by atoms with Crippen molar-refractivity contribution in [3.05, 3.63) is 45.8 Å². The summed E-state index contributed by atoms with van der Waals surface area (Å²) < 4.78 is 0.850. The zero-order valence-electron chi connectivity index (χ0n) is 8.89. The Hall–Kier alpha value is -1.66. The summed E-state index contributed by atoms with van der Waals surface area (Å²) >= 11 is 9.32. The summed E-state index contributed by atoms with van der Waals surface area (Å²) in [5.41, 5.74) is 0.491. The number of carboxylic acid groups (broad SMARTS) is 1. The molecule has 0 radical (unpaired) electrons. The topological polar surface area (TPSA) is 75.1 Å². The van der Waals surface area contributed by atoms with Crippen LogP contribution in [0.2, 0.25) is 5.02 Å². The second kappa shape index (κ2) is 5.32. The summed E-state index contributed by atoms with van der Waals surface area (Å²) in [4.78, 5) is 18.4. The van der Waals surface area contributed by atoms with Gasteiger partial charge in [0.15, 0.2) is 5.69 Å². The largest absolute Gasteiger partial charge is 0.476 e. The molecule has 0 atom stereocenters. The Labute approximate surface area is 116 Å². The van der Waals surface area contributed by atoms with Gasteiger partial charge in [0.25, 0.3) is 0 Å². The lowest BCUT2D eigenvalue weighted by atomic mass is 10.3. The summed E-state index contributed by atoms with van der Waals surface area (Å²) in [6.07, 6.45) is 2.60. The van der Waals surface area contributed by atoms with Gasteiger partial charge in [-0.05, 0) is 18.2 Å². The average Bonchev–Trinajstić information content (AvgIpc) is 2.33. The highest BCUT2D eigenvalue weighted by Gasteiger charge is 2.07. The van der Waals surface area contributed by atoms with Crippen LogP contribution in [0.4, 0.5) is 11.5 Å². The van der Waals surface area contributed by atoms with E-state index in [9.17, 15) is 4.79 Å². The fraction of sp³-hybridized carbons (Fsp3) is 0. The fourth-order valence-electron chi connectivity index (χ4n) is 1.26. The van der Waals surface area contributed by atoms with E-state index >= 15 is 0 Å². The van der Waals surface area contributed by atoms with Crippen molar-refractivity contribution >= 4 is 45.0 Å². The van der Waals surface area contributed by atoms with Crippen LogP contribution in [0, 0.1) is 0 Å². The van der Waals surface area contributed by atoms with E-state index in [-0.39, 0.29) is 5.69 Å². The summed E-state index contributed by atoms with van der Waals surface area (Å²) in [5, 5.41) is 12.2. The number of nitrogens with zero attached hydrogens (tertiary/aromatic N) is 2. The van der Waals surface area contributed by atoms with Crippen molar-refractivity contribution in [1.82, 2.24) is 9.97 Å². The Morgan fingerprint density at radius 2 is 2.17 bits per heavy atom. The third-order valence-electron chi connectivity index (χ3n) is 2.05. The van der Waals surface area contributed by atoms with Gasteiger partial charge in [-0.3, -0.25) is 4.98 Å². The highest BCUT2D eigenvalue weighted by molar-refractivity contribution is 9.10. The van der Waals surface area contributed by atoms with Crippen LogP contribution in [0.25, 0.3) is 0 Å². The molecule has 0 fully saturated rings. The Bertz CT molecular complexity index is 607. The second-order valence-corrected chi connectivity index (χ2v) is 4.67. The van der Waals surface area contributed by atoms with Crippen LogP contribution in [0.15, 0.2) is 35.1 Å². The van der Waals surface area contributed by atoms with Gasteiger partial charge in [-0.25, -0.2) is 9.78 Å². The summed E-state index contributed by atoms with van der Waals surface area (Å²) in [5.74, 6) is -0.813. The first-order valence-electron chi connectivity index (χ1n) is 4.83. The van der Waals surface area contributed by atoms with Crippen molar-refractivity contribution in [1.29, 1.82) is 0 Å². The van der Waals surface area contributed by atoms with Gasteiger partial charge in [-0.15, -0.1) is 0 Å². The maximum atomic E-state index is 10.8. The molecule has 2 rings (SSSR count). The predicted molar refractivity (Wildman–Crippen MR) is 71.4 cm³/mol. The maximum absolute atomic E-state index is 10.8. The number of aromatic nitrogens is 2. The molecule has 5 nitrogen and oxygen atoms in total. The minimum Gasteiger partial charge on any atom is -0.476 e. The van der Waals surface area contributed by atoms with Crippen molar-refractivity contribution in [3.63, 3.8) is 0 Å². The highest BCUT2D eigenvalue weighted by atomic mass is 79.9. The molecule has 0 aliphatic heterocycles. The van der Waals surface area contributed by atoms with Gasteiger partial charge in [-0.2, -0.15) is 0 Å². The van der Waals surface area contributed by atoms with Crippen LogP contribution < -0.4 is 5.32 Å². The average molecular weight is 329 g/mol. The monoisotopic (exact) mass is 327 g/mol. The SMILES string of the molecule is O=C(O)c1cncc(Nc2ccc(Br)cc2Cl)n1. The molecule has 0 aliphatic rings. The molecule has 0 bridgehead atoms. The van der Waals surface area contributed by atoms with Crippen LogP contribution in [0.5, 0.6) is 0 Å². The van der Waals surface area contributed by atoms with Crippen molar-refractivity contribution in [3.8, 4) is 0 Å². The molecule has 0 saturated heterocycles. The van der Waals surface area contributed by atoms with Crippen LogP contribution in [-0.4, -0.2) is 21.0 Å². The normalized spacial score (nSPS) is 10.1. The minimum atomic E-state index is -1.13. The quantitative estimate of drug-likeness (QED) is 0.904. The molecule has 1 aromatic heterocycles. The molecule has 0 unspecified atom stereocenters. The summed E-state index contributed by atoms with van der Waals surface area (Å²) in [6, 6.07) is 5.28. The smallest absolute Gasteiger partial charge is 0.356 e. The van der Waals surface area contributed by atoms with Crippen LogP contribution in [-0.2, 0) is 0 Å². The first-order chi connectivity index (χ1) is 8.56. The Morgan fingerprint density at radius 1 is 1.39 bits per heavy atom. The zero-order valence-corrected chi connectivity index (χ0v) is 11.2. The van der Waals surface area contributed by atoms with E-state index in [2.05, 4.69) is 31.2 Å². The van der Waals surface area contributed by atoms with Crippen molar-refractivity contribution in [2.45, 2.75) is 0 Å². The van der Waals surface area contributed by atoms with E-state index < -0.39 is 5.97 Å². The van der Waals surface area contributed by atoms with Crippen LogP contribution in [0.1, 0.15) is 10.5 Å². The molecule has 7 heteroatoms. The third-order valence-corrected chi connectivity index (χ3v) is 2.85.